The van der Waals surface area contributed by atoms with Crippen LogP contribution in [-0.4, -0.2) is 31.1 Å². The van der Waals surface area contributed by atoms with Gasteiger partial charge in [0.2, 0.25) is 0 Å². The Hall–Kier alpha value is -0.860. The van der Waals surface area contributed by atoms with E-state index >= 15 is 0 Å². The summed E-state index contributed by atoms with van der Waals surface area (Å²) in [6.45, 7) is 7.04. The van der Waals surface area contributed by atoms with E-state index in [1.165, 1.54) is 49.8 Å². The zero-order valence-corrected chi connectivity index (χ0v) is 13.9. The van der Waals surface area contributed by atoms with Crippen molar-refractivity contribution in [1.29, 1.82) is 0 Å². The summed E-state index contributed by atoms with van der Waals surface area (Å²) in [5, 5.41) is 3.46. The van der Waals surface area contributed by atoms with E-state index in [4.69, 9.17) is 0 Å². The Balaban J connectivity index is 2.01. The predicted octanol–water partition coefficient (Wildman–Crippen LogP) is 3.83. The number of nitrogens with one attached hydrogen (secondary N) is 1. The maximum Gasteiger partial charge on any atom is 0.0396 e. The van der Waals surface area contributed by atoms with Gasteiger partial charge in [-0.3, -0.25) is 4.90 Å². The molecule has 2 atom stereocenters. The molecule has 2 unspecified atom stereocenters. The van der Waals surface area contributed by atoms with Crippen molar-refractivity contribution in [2.24, 2.45) is 5.92 Å². The van der Waals surface area contributed by atoms with Crippen LogP contribution >= 0.6 is 0 Å². The van der Waals surface area contributed by atoms with Crippen molar-refractivity contribution in [3.63, 3.8) is 0 Å². The van der Waals surface area contributed by atoms with Crippen molar-refractivity contribution in [2.75, 3.05) is 20.1 Å². The van der Waals surface area contributed by atoms with Crippen LogP contribution in [0.25, 0.3) is 0 Å². The van der Waals surface area contributed by atoms with Crippen LogP contribution in [0.15, 0.2) is 18.2 Å². The Morgan fingerprint density at radius 3 is 2.43 bits per heavy atom. The molecule has 2 fully saturated rings. The van der Waals surface area contributed by atoms with Gasteiger partial charge < -0.3 is 5.32 Å². The average Bonchev–Trinajstić information content (AvgIpc) is 3.27. The fourth-order valence-electron chi connectivity index (χ4n) is 4.26. The van der Waals surface area contributed by atoms with Gasteiger partial charge in [0.25, 0.3) is 0 Å². The van der Waals surface area contributed by atoms with Crippen molar-refractivity contribution < 1.29 is 0 Å². The quantitative estimate of drug-likeness (QED) is 0.905. The van der Waals surface area contributed by atoms with Crippen molar-refractivity contribution in [3.8, 4) is 0 Å². The SMILES string of the molecule is CNCC1CCCCN(C2CC2)C1c1c(C)cccc1C. The second-order valence-corrected chi connectivity index (χ2v) is 7.03. The summed E-state index contributed by atoms with van der Waals surface area (Å²) in [6.07, 6.45) is 6.94. The van der Waals surface area contributed by atoms with E-state index < -0.39 is 0 Å². The first kappa shape index (κ1) is 15.1. The van der Waals surface area contributed by atoms with E-state index in [-0.39, 0.29) is 0 Å². The Labute approximate surface area is 129 Å². The zero-order chi connectivity index (χ0) is 14.8. The fourth-order valence-corrected chi connectivity index (χ4v) is 4.26. The lowest BCUT2D eigenvalue weighted by atomic mass is 9.84. The zero-order valence-electron chi connectivity index (χ0n) is 13.9. The molecule has 1 aromatic carbocycles. The third kappa shape index (κ3) is 3.17. The summed E-state index contributed by atoms with van der Waals surface area (Å²) in [4.78, 5) is 2.85. The van der Waals surface area contributed by atoms with Crippen molar-refractivity contribution >= 4 is 0 Å². The Morgan fingerprint density at radius 1 is 1.10 bits per heavy atom. The van der Waals surface area contributed by atoms with E-state index in [1.807, 2.05) is 0 Å². The highest BCUT2D eigenvalue weighted by atomic mass is 15.2. The predicted molar refractivity (Wildman–Crippen MR) is 89.7 cm³/mol. The normalized spacial score (nSPS) is 27.6. The molecule has 1 aliphatic carbocycles. The molecule has 1 saturated carbocycles. The molecule has 0 spiro atoms. The van der Waals surface area contributed by atoms with Crippen molar-refractivity contribution in [3.05, 3.63) is 34.9 Å². The van der Waals surface area contributed by atoms with Crippen LogP contribution in [0.1, 0.15) is 54.8 Å². The van der Waals surface area contributed by atoms with Gasteiger partial charge in [0.1, 0.15) is 0 Å². The number of hydrogen-bond acceptors (Lipinski definition) is 2. The molecule has 0 bridgehead atoms. The standard InChI is InChI=1S/C19H30N2/c1-14-7-6-8-15(2)18(14)19-16(13-20-3)9-4-5-12-21(19)17-10-11-17/h6-8,16-17,19-20H,4-5,9-13H2,1-3H3. The smallest absolute Gasteiger partial charge is 0.0396 e. The highest BCUT2D eigenvalue weighted by Crippen LogP contribution is 2.43. The third-order valence-corrected chi connectivity index (χ3v) is 5.37. The summed E-state index contributed by atoms with van der Waals surface area (Å²) in [5.41, 5.74) is 4.58. The van der Waals surface area contributed by atoms with Gasteiger partial charge in [0, 0.05) is 12.1 Å². The van der Waals surface area contributed by atoms with Gasteiger partial charge in [-0.05, 0) is 82.3 Å². The Kier molecular flexibility index (Phi) is 4.66. The number of nitrogens with zero attached hydrogens (tertiary/aromatic N) is 1. The van der Waals surface area contributed by atoms with E-state index in [0.29, 0.717) is 6.04 Å². The van der Waals surface area contributed by atoms with Gasteiger partial charge in [-0.1, -0.05) is 24.6 Å². The lowest BCUT2D eigenvalue weighted by Gasteiger charge is -2.37. The number of benzene rings is 1. The molecular weight excluding hydrogens is 256 g/mol. The first-order valence-corrected chi connectivity index (χ1v) is 8.69. The minimum Gasteiger partial charge on any atom is -0.319 e. The molecule has 1 N–H and O–H groups in total. The van der Waals surface area contributed by atoms with Crippen LogP contribution in [0, 0.1) is 19.8 Å². The van der Waals surface area contributed by atoms with Crippen LogP contribution < -0.4 is 5.32 Å². The summed E-state index contributed by atoms with van der Waals surface area (Å²) in [5.74, 6) is 0.748. The first-order chi connectivity index (χ1) is 10.2. The lowest BCUT2D eigenvalue weighted by molar-refractivity contribution is 0.144. The minimum atomic E-state index is 0.619. The molecule has 1 aliphatic heterocycles. The first-order valence-electron chi connectivity index (χ1n) is 8.69. The molecule has 0 radical (unpaired) electrons. The van der Waals surface area contributed by atoms with E-state index in [2.05, 4.69) is 49.3 Å². The highest BCUT2D eigenvalue weighted by molar-refractivity contribution is 5.37. The fraction of sp³-hybridized carbons (Fsp3) is 0.684. The topological polar surface area (TPSA) is 15.3 Å². The van der Waals surface area contributed by atoms with E-state index in [1.54, 1.807) is 5.56 Å². The molecule has 1 saturated heterocycles. The van der Waals surface area contributed by atoms with Gasteiger partial charge in [-0.2, -0.15) is 0 Å². The van der Waals surface area contributed by atoms with E-state index in [0.717, 1.165) is 18.5 Å². The van der Waals surface area contributed by atoms with Gasteiger partial charge in [-0.15, -0.1) is 0 Å². The van der Waals surface area contributed by atoms with Crippen LogP contribution in [-0.2, 0) is 0 Å². The van der Waals surface area contributed by atoms with Crippen molar-refractivity contribution in [1.82, 2.24) is 10.2 Å². The van der Waals surface area contributed by atoms with Crippen LogP contribution in [0.3, 0.4) is 0 Å². The molecule has 21 heavy (non-hydrogen) atoms. The number of likely N-dealkylation sites (tertiary alicyclic amines) is 1. The van der Waals surface area contributed by atoms with Crippen LogP contribution in [0.2, 0.25) is 0 Å². The molecule has 2 nitrogen and oxygen atoms in total. The molecule has 0 amide bonds. The Morgan fingerprint density at radius 2 is 1.81 bits per heavy atom. The molecule has 0 aromatic heterocycles. The maximum absolute atomic E-state index is 3.46. The monoisotopic (exact) mass is 286 g/mol. The molecule has 1 heterocycles. The molecule has 2 heteroatoms. The number of rotatable bonds is 4. The molecule has 2 aliphatic rings. The van der Waals surface area contributed by atoms with Gasteiger partial charge in [0.15, 0.2) is 0 Å². The molecule has 3 rings (SSSR count). The Bertz CT molecular complexity index is 458. The molecular formula is C19H30N2. The van der Waals surface area contributed by atoms with Crippen LogP contribution in [0.4, 0.5) is 0 Å². The minimum absolute atomic E-state index is 0.619. The largest absolute Gasteiger partial charge is 0.319 e. The van der Waals surface area contributed by atoms with Gasteiger partial charge in [-0.25, -0.2) is 0 Å². The highest BCUT2D eigenvalue weighted by Gasteiger charge is 2.39. The second-order valence-electron chi connectivity index (χ2n) is 7.03. The second kappa shape index (κ2) is 6.50. The maximum atomic E-state index is 3.46. The third-order valence-electron chi connectivity index (χ3n) is 5.37. The summed E-state index contributed by atoms with van der Waals surface area (Å²) in [6, 6.07) is 8.28. The molecule has 1 aromatic rings. The van der Waals surface area contributed by atoms with Gasteiger partial charge >= 0.3 is 0 Å². The number of hydrogen-bond donors (Lipinski definition) is 1. The molecule has 116 valence electrons. The van der Waals surface area contributed by atoms with Crippen LogP contribution in [0.5, 0.6) is 0 Å². The lowest BCUT2D eigenvalue weighted by Crippen LogP contribution is -2.38. The number of aryl methyl sites for hydroxylation is 2. The summed E-state index contributed by atoms with van der Waals surface area (Å²) in [7, 11) is 2.11. The summed E-state index contributed by atoms with van der Waals surface area (Å²) < 4.78 is 0. The average molecular weight is 286 g/mol. The van der Waals surface area contributed by atoms with E-state index in [9.17, 15) is 0 Å². The van der Waals surface area contributed by atoms with Gasteiger partial charge in [0.05, 0.1) is 0 Å². The summed E-state index contributed by atoms with van der Waals surface area (Å²) >= 11 is 0. The van der Waals surface area contributed by atoms with Crippen molar-refractivity contribution in [2.45, 2.75) is 58.0 Å².